The average Bonchev–Trinajstić information content (AvgIpc) is 3.44. The number of fused-ring (bicyclic) bond motifs is 1. The molecule has 1 aliphatic carbocycles. The standard InChI is InChI=1S/C17H17N5.C2H6/c1-11-9-19-17(8-15(11)20-13-3-4-13)22-16-5-2-12-10-18-7-6-14(12)21-16;1-2/h2,5-10,13H,3-4H2,1H3,(H2,19,20,21,22);1-2H3. The Bertz CT molecular complexity index is 827. The molecule has 0 atom stereocenters. The van der Waals surface area contributed by atoms with Gasteiger partial charge < -0.3 is 10.6 Å². The zero-order valence-electron chi connectivity index (χ0n) is 14.4. The van der Waals surface area contributed by atoms with Gasteiger partial charge in [0.25, 0.3) is 0 Å². The van der Waals surface area contributed by atoms with E-state index in [9.17, 15) is 0 Å². The molecular formula is C19H23N5. The molecule has 3 aromatic heterocycles. The second-order valence-corrected chi connectivity index (χ2v) is 5.69. The van der Waals surface area contributed by atoms with Gasteiger partial charge in [0.05, 0.1) is 5.52 Å². The summed E-state index contributed by atoms with van der Waals surface area (Å²) in [5.74, 6) is 1.59. The monoisotopic (exact) mass is 321 g/mol. The Morgan fingerprint density at radius 1 is 1.04 bits per heavy atom. The first-order valence-corrected chi connectivity index (χ1v) is 8.49. The molecule has 0 unspecified atom stereocenters. The molecule has 2 N–H and O–H groups in total. The summed E-state index contributed by atoms with van der Waals surface area (Å²) < 4.78 is 0. The molecule has 24 heavy (non-hydrogen) atoms. The summed E-state index contributed by atoms with van der Waals surface area (Å²) in [7, 11) is 0. The molecule has 124 valence electrons. The fourth-order valence-corrected chi connectivity index (χ4v) is 2.36. The van der Waals surface area contributed by atoms with Crippen molar-refractivity contribution in [1.82, 2.24) is 15.0 Å². The third kappa shape index (κ3) is 3.79. The van der Waals surface area contributed by atoms with Gasteiger partial charge in [-0.15, -0.1) is 0 Å². The number of rotatable bonds is 4. The number of aryl methyl sites for hydroxylation is 1. The van der Waals surface area contributed by atoms with Crippen LogP contribution >= 0.6 is 0 Å². The minimum absolute atomic E-state index is 0.625. The molecule has 4 rings (SSSR count). The quantitative estimate of drug-likeness (QED) is 0.730. The zero-order valence-corrected chi connectivity index (χ0v) is 14.4. The van der Waals surface area contributed by atoms with Crippen LogP contribution in [0.5, 0.6) is 0 Å². The topological polar surface area (TPSA) is 62.7 Å². The third-order valence-electron chi connectivity index (χ3n) is 3.79. The second-order valence-electron chi connectivity index (χ2n) is 5.69. The summed E-state index contributed by atoms with van der Waals surface area (Å²) in [5, 5.41) is 7.83. The SMILES string of the molecule is CC.Cc1cnc(Nc2ccc3cnccc3n2)cc1NC1CC1. The van der Waals surface area contributed by atoms with Crippen LogP contribution in [0.3, 0.4) is 0 Å². The van der Waals surface area contributed by atoms with E-state index in [4.69, 9.17) is 0 Å². The number of hydrogen-bond donors (Lipinski definition) is 2. The van der Waals surface area contributed by atoms with Crippen LogP contribution in [0.1, 0.15) is 32.3 Å². The summed E-state index contributed by atoms with van der Waals surface area (Å²) >= 11 is 0. The smallest absolute Gasteiger partial charge is 0.133 e. The van der Waals surface area contributed by atoms with Gasteiger partial charge in [0.1, 0.15) is 11.6 Å². The van der Waals surface area contributed by atoms with Gasteiger partial charge >= 0.3 is 0 Å². The van der Waals surface area contributed by atoms with Gasteiger partial charge in [-0.05, 0) is 43.5 Å². The molecular weight excluding hydrogens is 298 g/mol. The lowest BCUT2D eigenvalue weighted by Crippen LogP contribution is -2.04. The van der Waals surface area contributed by atoms with Crippen molar-refractivity contribution in [3.05, 3.63) is 48.4 Å². The molecule has 0 spiro atoms. The van der Waals surface area contributed by atoms with E-state index in [1.54, 1.807) is 6.20 Å². The molecule has 3 aromatic rings. The van der Waals surface area contributed by atoms with Crippen molar-refractivity contribution in [2.75, 3.05) is 10.6 Å². The largest absolute Gasteiger partial charge is 0.382 e. The minimum atomic E-state index is 0.625. The molecule has 0 saturated heterocycles. The Hall–Kier alpha value is -2.69. The molecule has 1 saturated carbocycles. The molecule has 5 nitrogen and oxygen atoms in total. The number of anilines is 3. The van der Waals surface area contributed by atoms with Crippen molar-refractivity contribution in [3.8, 4) is 0 Å². The highest BCUT2D eigenvalue weighted by Crippen LogP contribution is 2.28. The normalized spacial score (nSPS) is 13.1. The maximum Gasteiger partial charge on any atom is 0.133 e. The highest BCUT2D eigenvalue weighted by Gasteiger charge is 2.21. The van der Waals surface area contributed by atoms with Crippen molar-refractivity contribution in [3.63, 3.8) is 0 Å². The van der Waals surface area contributed by atoms with Crippen molar-refractivity contribution < 1.29 is 0 Å². The molecule has 1 aliphatic rings. The summed E-state index contributed by atoms with van der Waals surface area (Å²) in [6, 6.07) is 8.53. The Kier molecular flexibility index (Phi) is 4.89. The summed E-state index contributed by atoms with van der Waals surface area (Å²) in [6.07, 6.45) is 7.96. The number of nitrogens with zero attached hydrogens (tertiary/aromatic N) is 3. The summed E-state index contributed by atoms with van der Waals surface area (Å²) in [5.41, 5.74) is 3.23. The Morgan fingerprint density at radius 2 is 1.88 bits per heavy atom. The number of hydrogen-bond acceptors (Lipinski definition) is 5. The van der Waals surface area contributed by atoms with Crippen molar-refractivity contribution in [2.45, 2.75) is 39.7 Å². The van der Waals surface area contributed by atoms with E-state index in [1.807, 2.05) is 50.5 Å². The lowest BCUT2D eigenvalue weighted by molar-refractivity contribution is 1.13. The summed E-state index contributed by atoms with van der Waals surface area (Å²) in [4.78, 5) is 13.1. The predicted molar refractivity (Wildman–Crippen MR) is 99.8 cm³/mol. The van der Waals surface area contributed by atoms with Gasteiger partial charge in [0.2, 0.25) is 0 Å². The lowest BCUT2D eigenvalue weighted by atomic mass is 10.2. The first-order chi connectivity index (χ1) is 11.8. The molecule has 0 amide bonds. The molecule has 0 aromatic carbocycles. The second kappa shape index (κ2) is 7.25. The average molecular weight is 321 g/mol. The first kappa shape index (κ1) is 16.2. The maximum absolute atomic E-state index is 4.58. The van der Waals surface area contributed by atoms with Crippen LogP contribution in [0.25, 0.3) is 10.9 Å². The highest BCUT2D eigenvalue weighted by molar-refractivity contribution is 5.79. The van der Waals surface area contributed by atoms with E-state index in [2.05, 4.69) is 32.5 Å². The van der Waals surface area contributed by atoms with Crippen molar-refractivity contribution in [2.24, 2.45) is 0 Å². The van der Waals surface area contributed by atoms with Gasteiger partial charge in [-0.1, -0.05) is 13.8 Å². The van der Waals surface area contributed by atoms with Crippen LogP contribution in [0.2, 0.25) is 0 Å². The number of pyridine rings is 3. The molecule has 1 fully saturated rings. The van der Waals surface area contributed by atoms with E-state index in [1.165, 1.54) is 12.8 Å². The maximum atomic E-state index is 4.58. The predicted octanol–water partition coefficient (Wildman–Crippen LogP) is 4.68. The minimum Gasteiger partial charge on any atom is -0.382 e. The van der Waals surface area contributed by atoms with Crippen molar-refractivity contribution in [1.29, 1.82) is 0 Å². The van der Waals surface area contributed by atoms with E-state index < -0.39 is 0 Å². The van der Waals surface area contributed by atoms with Crippen LogP contribution in [0, 0.1) is 6.92 Å². The molecule has 3 heterocycles. The molecule has 0 bridgehead atoms. The Morgan fingerprint density at radius 3 is 2.67 bits per heavy atom. The van der Waals surface area contributed by atoms with Gasteiger partial charge in [-0.3, -0.25) is 4.98 Å². The van der Waals surface area contributed by atoms with E-state index in [-0.39, 0.29) is 0 Å². The van der Waals surface area contributed by atoms with E-state index in [0.717, 1.165) is 33.8 Å². The van der Waals surface area contributed by atoms with Crippen molar-refractivity contribution >= 4 is 28.2 Å². The highest BCUT2D eigenvalue weighted by atomic mass is 15.1. The molecule has 0 aliphatic heterocycles. The van der Waals surface area contributed by atoms with Gasteiger partial charge in [-0.25, -0.2) is 9.97 Å². The fraction of sp³-hybridized carbons (Fsp3) is 0.316. The number of nitrogens with one attached hydrogen (secondary N) is 2. The van der Waals surface area contributed by atoms with Crippen LogP contribution in [0.15, 0.2) is 42.9 Å². The van der Waals surface area contributed by atoms with Gasteiger partial charge in [0, 0.05) is 41.8 Å². The molecule has 5 heteroatoms. The van der Waals surface area contributed by atoms with Crippen LogP contribution in [-0.4, -0.2) is 21.0 Å². The van der Waals surface area contributed by atoms with E-state index in [0.29, 0.717) is 6.04 Å². The van der Waals surface area contributed by atoms with Gasteiger partial charge in [-0.2, -0.15) is 0 Å². The molecule has 0 radical (unpaired) electrons. The van der Waals surface area contributed by atoms with E-state index >= 15 is 0 Å². The zero-order chi connectivity index (χ0) is 16.9. The fourth-order valence-electron chi connectivity index (χ4n) is 2.36. The Balaban J connectivity index is 0.000000815. The number of aromatic nitrogens is 3. The van der Waals surface area contributed by atoms with Crippen LogP contribution in [-0.2, 0) is 0 Å². The lowest BCUT2D eigenvalue weighted by Gasteiger charge is -2.11. The summed E-state index contributed by atoms with van der Waals surface area (Å²) in [6.45, 7) is 6.07. The van der Waals surface area contributed by atoms with Crippen LogP contribution < -0.4 is 10.6 Å². The van der Waals surface area contributed by atoms with Gasteiger partial charge in [0.15, 0.2) is 0 Å². The van der Waals surface area contributed by atoms with Crippen LogP contribution in [0.4, 0.5) is 17.3 Å². The Labute approximate surface area is 142 Å². The first-order valence-electron chi connectivity index (χ1n) is 8.49. The third-order valence-corrected chi connectivity index (χ3v) is 3.79.